The first-order valence-electron chi connectivity index (χ1n) is 8.77. The first-order chi connectivity index (χ1) is 12.8. The molecule has 0 radical (unpaired) electrons. The number of hydrogen-bond acceptors (Lipinski definition) is 7. The zero-order chi connectivity index (χ0) is 17.5. The van der Waals surface area contributed by atoms with E-state index in [1.54, 1.807) is 10.8 Å². The number of anilines is 1. The fourth-order valence-corrected chi connectivity index (χ4v) is 3.57. The highest BCUT2D eigenvalue weighted by Gasteiger charge is 2.26. The number of rotatable bonds is 3. The smallest absolute Gasteiger partial charge is 0.209 e. The number of fused-ring (bicyclic) bond motifs is 2. The Morgan fingerprint density at radius 2 is 2.08 bits per heavy atom. The van der Waals surface area contributed by atoms with Crippen LogP contribution >= 0.6 is 0 Å². The number of benzene rings is 1. The summed E-state index contributed by atoms with van der Waals surface area (Å²) in [6.45, 7) is 5.72. The van der Waals surface area contributed by atoms with Crippen LogP contribution in [0, 0.1) is 0 Å². The summed E-state index contributed by atoms with van der Waals surface area (Å²) < 4.78 is 7.58. The Balaban J connectivity index is 1.30. The van der Waals surface area contributed by atoms with Crippen LogP contribution in [-0.2, 0) is 6.54 Å². The van der Waals surface area contributed by atoms with E-state index >= 15 is 0 Å². The fourth-order valence-electron chi connectivity index (χ4n) is 3.57. The summed E-state index contributed by atoms with van der Waals surface area (Å²) in [5, 5.41) is 12.5. The van der Waals surface area contributed by atoms with Gasteiger partial charge in [0, 0.05) is 25.7 Å². The van der Waals surface area contributed by atoms with E-state index in [4.69, 9.17) is 4.42 Å². The molecule has 0 N–H and O–H groups in total. The Hall–Kier alpha value is -3.00. The second-order valence-corrected chi connectivity index (χ2v) is 6.68. The molecule has 1 aliphatic heterocycles. The SMILES string of the molecule is C[C@@H]1CN(Cc2nc3ccccc3o2)CCN1c1ccc2nncn2n1. The van der Waals surface area contributed by atoms with Gasteiger partial charge >= 0.3 is 0 Å². The Bertz CT molecular complexity index is 1020. The summed E-state index contributed by atoms with van der Waals surface area (Å²) in [6.07, 6.45) is 1.63. The molecule has 5 rings (SSSR count). The van der Waals surface area contributed by atoms with E-state index in [-0.39, 0.29) is 0 Å². The third-order valence-electron chi connectivity index (χ3n) is 4.85. The highest BCUT2D eigenvalue weighted by Crippen LogP contribution is 2.21. The molecular weight excluding hydrogens is 330 g/mol. The van der Waals surface area contributed by atoms with E-state index < -0.39 is 0 Å². The maximum Gasteiger partial charge on any atom is 0.209 e. The zero-order valence-corrected chi connectivity index (χ0v) is 14.5. The van der Waals surface area contributed by atoms with Gasteiger partial charge < -0.3 is 9.32 Å². The molecular formula is C18H19N7O. The average Bonchev–Trinajstić information content (AvgIpc) is 3.27. The Labute approximate surface area is 150 Å². The van der Waals surface area contributed by atoms with Crippen molar-refractivity contribution in [1.82, 2.24) is 29.7 Å². The molecule has 0 saturated carbocycles. The predicted octanol–water partition coefficient (Wildman–Crippen LogP) is 1.98. The van der Waals surface area contributed by atoms with Gasteiger partial charge in [-0.2, -0.15) is 4.52 Å². The Morgan fingerprint density at radius 1 is 1.15 bits per heavy atom. The van der Waals surface area contributed by atoms with Crippen molar-refractivity contribution in [3.05, 3.63) is 48.6 Å². The molecule has 0 unspecified atom stereocenters. The van der Waals surface area contributed by atoms with Crippen molar-refractivity contribution in [3.63, 3.8) is 0 Å². The predicted molar refractivity (Wildman–Crippen MR) is 96.9 cm³/mol. The van der Waals surface area contributed by atoms with Crippen molar-refractivity contribution in [1.29, 1.82) is 0 Å². The zero-order valence-electron chi connectivity index (χ0n) is 14.5. The summed E-state index contributed by atoms with van der Waals surface area (Å²) in [5.74, 6) is 1.72. The van der Waals surface area contributed by atoms with Gasteiger partial charge in [0.2, 0.25) is 5.89 Å². The molecule has 3 aromatic heterocycles. The van der Waals surface area contributed by atoms with Crippen LogP contribution in [0.3, 0.4) is 0 Å². The highest BCUT2D eigenvalue weighted by molar-refractivity contribution is 5.72. The number of hydrogen-bond donors (Lipinski definition) is 0. The van der Waals surface area contributed by atoms with Gasteiger partial charge in [0.15, 0.2) is 11.2 Å². The lowest BCUT2D eigenvalue weighted by Crippen LogP contribution is -2.52. The quantitative estimate of drug-likeness (QED) is 0.560. The van der Waals surface area contributed by atoms with Gasteiger partial charge in [0.25, 0.3) is 0 Å². The number of oxazole rings is 1. The molecule has 8 heteroatoms. The van der Waals surface area contributed by atoms with Gasteiger partial charge in [0.1, 0.15) is 17.7 Å². The molecule has 4 heterocycles. The summed E-state index contributed by atoms with van der Waals surface area (Å²) in [4.78, 5) is 9.29. The molecule has 4 aromatic rings. The van der Waals surface area contributed by atoms with Crippen molar-refractivity contribution in [2.24, 2.45) is 0 Å². The van der Waals surface area contributed by atoms with Gasteiger partial charge in [-0.05, 0) is 31.2 Å². The molecule has 1 aromatic carbocycles. The van der Waals surface area contributed by atoms with Gasteiger partial charge in [-0.1, -0.05) is 12.1 Å². The monoisotopic (exact) mass is 349 g/mol. The molecule has 132 valence electrons. The van der Waals surface area contributed by atoms with Gasteiger partial charge in [0.05, 0.1) is 6.54 Å². The summed E-state index contributed by atoms with van der Waals surface area (Å²) in [6, 6.07) is 12.2. The molecule has 1 fully saturated rings. The lowest BCUT2D eigenvalue weighted by Gasteiger charge is -2.39. The second kappa shape index (κ2) is 6.06. The standard InChI is InChI=1S/C18H19N7O/c1-13-10-23(11-18-20-14-4-2-3-5-15(14)26-18)8-9-24(13)17-7-6-16-21-19-12-25(16)22-17/h2-7,12-13H,8-11H2,1H3/t13-/m1/s1. The van der Waals surface area contributed by atoms with Crippen LogP contribution in [0.5, 0.6) is 0 Å². The number of piperazine rings is 1. The molecule has 0 spiro atoms. The molecule has 1 saturated heterocycles. The van der Waals surface area contributed by atoms with E-state index in [1.165, 1.54) is 0 Å². The molecule has 1 aliphatic rings. The summed E-state index contributed by atoms with van der Waals surface area (Å²) >= 11 is 0. The first kappa shape index (κ1) is 15.3. The minimum absolute atomic E-state index is 0.342. The van der Waals surface area contributed by atoms with Gasteiger partial charge in [-0.15, -0.1) is 15.3 Å². The van der Waals surface area contributed by atoms with Crippen LogP contribution in [0.15, 0.2) is 47.1 Å². The minimum Gasteiger partial charge on any atom is -0.439 e. The van der Waals surface area contributed by atoms with E-state index in [1.807, 2.05) is 36.4 Å². The largest absolute Gasteiger partial charge is 0.439 e. The van der Waals surface area contributed by atoms with E-state index in [0.29, 0.717) is 6.04 Å². The number of aromatic nitrogens is 5. The Kier molecular flexibility index (Phi) is 3.56. The molecule has 0 aliphatic carbocycles. The normalized spacial score (nSPS) is 18.8. The molecule has 8 nitrogen and oxygen atoms in total. The van der Waals surface area contributed by atoms with Crippen LogP contribution in [0.2, 0.25) is 0 Å². The average molecular weight is 349 g/mol. The third kappa shape index (κ3) is 2.68. The lowest BCUT2D eigenvalue weighted by molar-refractivity contribution is 0.203. The second-order valence-electron chi connectivity index (χ2n) is 6.68. The number of para-hydroxylation sites is 2. The topological polar surface area (TPSA) is 75.6 Å². The molecule has 26 heavy (non-hydrogen) atoms. The minimum atomic E-state index is 0.342. The lowest BCUT2D eigenvalue weighted by atomic mass is 10.2. The summed E-state index contributed by atoms with van der Waals surface area (Å²) in [5.41, 5.74) is 2.53. The van der Waals surface area contributed by atoms with Crippen molar-refractivity contribution in [2.75, 3.05) is 24.5 Å². The van der Waals surface area contributed by atoms with Crippen LogP contribution in [-0.4, -0.2) is 55.4 Å². The molecule has 1 atom stereocenters. The van der Waals surface area contributed by atoms with Crippen LogP contribution in [0.4, 0.5) is 5.82 Å². The van der Waals surface area contributed by atoms with Crippen molar-refractivity contribution in [2.45, 2.75) is 19.5 Å². The molecule has 0 bridgehead atoms. The Morgan fingerprint density at radius 3 is 2.96 bits per heavy atom. The molecule has 0 amide bonds. The summed E-state index contributed by atoms with van der Waals surface area (Å²) in [7, 11) is 0. The third-order valence-corrected chi connectivity index (χ3v) is 4.85. The highest BCUT2D eigenvalue weighted by atomic mass is 16.3. The number of nitrogens with zero attached hydrogens (tertiary/aromatic N) is 7. The van der Waals surface area contributed by atoms with Crippen LogP contribution in [0.25, 0.3) is 16.7 Å². The van der Waals surface area contributed by atoms with Crippen LogP contribution in [0.1, 0.15) is 12.8 Å². The van der Waals surface area contributed by atoms with Gasteiger partial charge in [-0.25, -0.2) is 4.98 Å². The van der Waals surface area contributed by atoms with E-state index in [9.17, 15) is 0 Å². The maximum atomic E-state index is 5.86. The van der Waals surface area contributed by atoms with Crippen molar-refractivity contribution >= 4 is 22.6 Å². The fraction of sp³-hybridized carbons (Fsp3) is 0.333. The maximum absolute atomic E-state index is 5.86. The van der Waals surface area contributed by atoms with Crippen molar-refractivity contribution < 1.29 is 4.42 Å². The van der Waals surface area contributed by atoms with E-state index in [2.05, 4.69) is 37.0 Å². The first-order valence-corrected chi connectivity index (χ1v) is 8.77. The van der Waals surface area contributed by atoms with E-state index in [0.717, 1.165) is 54.6 Å². The van der Waals surface area contributed by atoms with Crippen LogP contribution < -0.4 is 4.90 Å². The van der Waals surface area contributed by atoms with Crippen molar-refractivity contribution in [3.8, 4) is 0 Å². The van der Waals surface area contributed by atoms with Gasteiger partial charge in [-0.3, -0.25) is 4.90 Å².